The number of rotatable bonds is 6. The van der Waals surface area contributed by atoms with Crippen molar-refractivity contribution in [3.05, 3.63) is 34.3 Å². The summed E-state index contributed by atoms with van der Waals surface area (Å²) in [5, 5.41) is 8.78. The SMILES string of the molecule is CCN(CC(=O)N(C)C)c1ccc(Br)cc1/C=C/C(=O)O. The Balaban J connectivity index is 3.13. The van der Waals surface area contributed by atoms with Gasteiger partial charge in [0, 0.05) is 36.9 Å². The van der Waals surface area contributed by atoms with Crippen LogP contribution in [0.15, 0.2) is 28.7 Å². The molecule has 1 N–H and O–H groups in total. The standard InChI is InChI=1S/C15H19BrN2O3/c1-4-18(10-14(19)17(2)3)13-7-6-12(16)9-11(13)5-8-15(20)21/h5-9H,4,10H2,1-3H3,(H,20,21)/b8-5+. The highest BCUT2D eigenvalue weighted by Crippen LogP contribution is 2.26. The summed E-state index contributed by atoms with van der Waals surface area (Å²) in [6.07, 6.45) is 2.62. The molecule has 21 heavy (non-hydrogen) atoms. The van der Waals surface area contributed by atoms with Crippen molar-refractivity contribution in [2.24, 2.45) is 0 Å². The lowest BCUT2D eigenvalue weighted by Gasteiger charge is -2.26. The third kappa shape index (κ3) is 5.23. The molecule has 1 rings (SSSR count). The Kier molecular flexibility index (Phi) is 6.42. The molecule has 5 nitrogen and oxygen atoms in total. The minimum Gasteiger partial charge on any atom is -0.478 e. The molecule has 1 amide bonds. The molecule has 1 aromatic carbocycles. The number of amides is 1. The zero-order valence-corrected chi connectivity index (χ0v) is 13.9. The summed E-state index contributed by atoms with van der Waals surface area (Å²) in [4.78, 5) is 26.0. The van der Waals surface area contributed by atoms with E-state index in [4.69, 9.17) is 5.11 Å². The first-order chi connectivity index (χ1) is 9.85. The van der Waals surface area contributed by atoms with Crippen molar-refractivity contribution >= 4 is 39.6 Å². The minimum atomic E-state index is -1.01. The fourth-order valence-corrected chi connectivity index (χ4v) is 2.16. The molecule has 0 aliphatic rings. The number of likely N-dealkylation sites (N-methyl/N-ethyl adjacent to an activating group) is 2. The van der Waals surface area contributed by atoms with Crippen LogP contribution in [0.25, 0.3) is 6.08 Å². The minimum absolute atomic E-state index is 0.00654. The van der Waals surface area contributed by atoms with Gasteiger partial charge in [-0.05, 0) is 36.8 Å². The van der Waals surface area contributed by atoms with Gasteiger partial charge in [0.2, 0.25) is 5.91 Å². The average Bonchev–Trinajstić information content (AvgIpc) is 2.42. The summed E-state index contributed by atoms with van der Waals surface area (Å²) < 4.78 is 0.853. The van der Waals surface area contributed by atoms with Crippen molar-refractivity contribution in [1.29, 1.82) is 0 Å². The van der Waals surface area contributed by atoms with Crippen LogP contribution in [-0.4, -0.2) is 49.1 Å². The van der Waals surface area contributed by atoms with Gasteiger partial charge in [0.25, 0.3) is 0 Å². The van der Waals surface area contributed by atoms with Crippen molar-refractivity contribution in [1.82, 2.24) is 4.90 Å². The fraction of sp³-hybridized carbons (Fsp3) is 0.333. The van der Waals surface area contributed by atoms with Gasteiger partial charge < -0.3 is 14.9 Å². The molecule has 0 radical (unpaired) electrons. The number of hydrogen-bond donors (Lipinski definition) is 1. The maximum atomic E-state index is 11.9. The van der Waals surface area contributed by atoms with E-state index in [9.17, 15) is 9.59 Å². The molecule has 0 saturated carbocycles. The van der Waals surface area contributed by atoms with Gasteiger partial charge in [-0.3, -0.25) is 4.79 Å². The summed E-state index contributed by atoms with van der Waals surface area (Å²) >= 11 is 3.37. The van der Waals surface area contributed by atoms with Crippen LogP contribution in [0.2, 0.25) is 0 Å². The highest BCUT2D eigenvalue weighted by atomic mass is 79.9. The molecule has 0 aliphatic carbocycles. The number of carbonyl (C=O) groups excluding carboxylic acids is 1. The summed E-state index contributed by atoms with van der Waals surface area (Å²) in [5.74, 6) is -1.01. The van der Waals surface area contributed by atoms with Gasteiger partial charge >= 0.3 is 5.97 Å². The van der Waals surface area contributed by atoms with E-state index in [-0.39, 0.29) is 12.5 Å². The van der Waals surface area contributed by atoms with Crippen LogP contribution in [0.3, 0.4) is 0 Å². The van der Waals surface area contributed by atoms with E-state index in [1.54, 1.807) is 14.1 Å². The van der Waals surface area contributed by atoms with E-state index in [1.165, 1.54) is 11.0 Å². The van der Waals surface area contributed by atoms with Crippen molar-refractivity contribution in [3.63, 3.8) is 0 Å². The number of anilines is 1. The van der Waals surface area contributed by atoms with E-state index in [0.29, 0.717) is 6.54 Å². The van der Waals surface area contributed by atoms with Gasteiger partial charge in [0.1, 0.15) is 0 Å². The molecule has 114 valence electrons. The Hall–Kier alpha value is -1.82. The predicted molar refractivity (Wildman–Crippen MR) is 87.4 cm³/mol. The van der Waals surface area contributed by atoms with Crippen LogP contribution in [0.1, 0.15) is 12.5 Å². The molecule has 0 atom stereocenters. The number of hydrogen-bond acceptors (Lipinski definition) is 3. The highest BCUT2D eigenvalue weighted by Gasteiger charge is 2.14. The molecule has 0 saturated heterocycles. The highest BCUT2D eigenvalue weighted by molar-refractivity contribution is 9.10. The Morgan fingerprint density at radius 1 is 1.33 bits per heavy atom. The number of nitrogens with zero attached hydrogens (tertiary/aromatic N) is 2. The second kappa shape index (κ2) is 7.83. The normalized spacial score (nSPS) is 10.7. The van der Waals surface area contributed by atoms with E-state index < -0.39 is 5.97 Å². The molecule has 0 unspecified atom stereocenters. The van der Waals surface area contributed by atoms with Gasteiger partial charge in [0.05, 0.1) is 6.54 Å². The lowest BCUT2D eigenvalue weighted by Crippen LogP contribution is -2.36. The smallest absolute Gasteiger partial charge is 0.328 e. The number of aliphatic carboxylic acids is 1. The number of carbonyl (C=O) groups is 2. The number of carboxylic acids is 1. The number of carboxylic acid groups (broad SMARTS) is 1. The second-order valence-electron chi connectivity index (χ2n) is 4.68. The molecular weight excluding hydrogens is 336 g/mol. The van der Waals surface area contributed by atoms with Crippen molar-refractivity contribution < 1.29 is 14.7 Å². The summed E-state index contributed by atoms with van der Waals surface area (Å²) in [7, 11) is 3.42. The van der Waals surface area contributed by atoms with Gasteiger partial charge in [-0.1, -0.05) is 15.9 Å². The van der Waals surface area contributed by atoms with E-state index in [2.05, 4.69) is 15.9 Å². The molecule has 0 fully saturated rings. The third-order valence-electron chi connectivity index (χ3n) is 2.94. The van der Waals surface area contributed by atoms with Crippen LogP contribution >= 0.6 is 15.9 Å². The quantitative estimate of drug-likeness (QED) is 0.797. The van der Waals surface area contributed by atoms with Gasteiger partial charge in [0.15, 0.2) is 0 Å². The molecule has 6 heteroatoms. The topological polar surface area (TPSA) is 60.9 Å². The van der Waals surface area contributed by atoms with Crippen LogP contribution in [-0.2, 0) is 9.59 Å². The van der Waals surface area contributed by atoms with Crippen LogP contribution < -0.4 is 4.90 Å². The van der Waals surface area contributed by atoms with Gasteiger partial charge in [-0.15, -0.1) is 0 Å². The van der Waals surface area contributed by atoms with Gasteiger partial charge in [-0.25, -0.2) is 4.79 Å². The summed E-state index contributed by atoms with van der Waals surface area (Å²) in [6, 6.07) is 5.58. The maximum Gasteiger partial charge on any atom is 0.328 e. The van der Waals surface area contributed by atoms with E-state index in [0.717, 1.165) is 21.8 Å². The predicted octanol–water partition coefficient (Wildman–Crippen LogP) is 2.46. The van der Waals surface area contributed by atoms with Crippen molar-refractivity contribution in [3.8, 4) is 0 Å². The Morgan fingerprint density at radius 2 is 2.00 bits per heavy atom. The zero-order valence-electron chi connectivity index (χ0n) is 12.3. The first kappa shape index (κ1) is 17.2. The van der Waals surface area contributed by atoms with Crippen LogP contribution in [0.5, 0.6) is 0 Å². The first-order valence-corrected chi connectivity index (χ1v) is 7.30. The van der Waals surface area contributed by atoms with Crippen LogP contribution in [0, 0.1) is 0 Å². The third-order valence-corrected chi connectivity index (χ3v) is 3.44. The lowest BCUT2D eigenvalue weighted by atomic mass is 10.1. The van der Waals surface area contributed by atoms with E-state index in [1.807, 2.05) is 30.0 Å². The van der Waals surface area contributed by atoms with Crippen molar-refractivity contribution in [2.45, 2.75) is 6.92 Å². The molecule has 0 aliphatic heterocycles. The molecular formula is C15H19BrN2O3. The molecule has 0 heterocycles. The first-order valence-electron chi connectivity index (χ1n) is 6.50. The monoisotopic (exact) mass is 354 g/mol. The molecule has 0 aromatic heterocycles. The Bertz CT molecular complexity index is 556. The number of benzene rings is 1. The Morgan fingerprint density at radius 3 is 2.52 bits per heavy atom. The summed E-state index contributed by atoms with van der Waals surface area (Å²) in [5.41, 5.74) is 1.58. The maximum absolute atomic E-state index is 11.9. The zero-order chi connectivity index (χ0) is 16.0. The Labute approximate surface area is 133 Å². The lowest BCUT2D eigenvalue weighted by molar-refractivity contribution is -0.131. The summed E-state index contributed by atoms with van der Waals surface area (Å²) in [6.45, 7) is 2.85. The molecule has 1 aromatic rings. The van der Waals surface area contributed by atoms with Crippen LogP contribution in [0.4, 0.5) is 5.69 Å². The average molecular weight is 355 g/mol. The van der Waals surface area contributed by atoms with Gasteiger partial charge in [-0.2, -0.15) is 0 Å². The second-order valence-corrected chi connectivity index (χ2v) is 5.59. The largest absolute Gasteiger partial charge is 0.478 e. The van der Waals surface area contributed by atoms with E-state index >= 15 is 0 Å². The fourth-order valence-electron chi connectivity index (χ4n) is 1.78. The molecule has 0 bridgehead atoms. The number of halogens is 1. The van der Waals surface area contributed by atoms with Crippen molar-refractivity contribution in [2.75, 3.05) is 32.1 Å². The molecule has 0 spiro atoms.